The molecule has 0 amide bonds. The monoisotopic (exact) mass is 250 g/mol. The summed E-state index contributed by atoms with van der Waals surface area (Å²) in [5, 5.41) is 25.8. The molecule has 0 aromatic heterocycles. The first kappa shape index (κ1) is 14.8. The molecule has 0 aliphatic rings. The summed E-state index contributed by atoms with van der Waals surface area (Å²) in [6, 6.07) is 0. The Bertz CT molecular complexity index is 329. The highest BCUT2D eigenvalue weighted by molar-refractivity contribution is 5.88. The summed E-state index contributed by atoms with van der Waals surface area (Å²) in [5.41, 5.74) is -2.65. The van der Waals surface area contributed by atoms with Crippen molar-refractivity contribution >= 4 is 23.9 Å². The zero-order valence-corrected chi connectivity index (χ0v) is 8.71. The maximum Gasteiger partial charge on any atom is 0.341 e. The van der Waals surface area contributed by atoms with Crippen LogP contribution in [-0.2, 0) is 29.0 Å². The van der Waals surface area contributed by atoms with Gasteiger partial charge in [0.25, 0.3) is 0 Å². The van der Waals surface area contributed by atoms with Crippen molar-refractivity contribution in [2.24, 2.45) is 0 Å². The SMILES string of the molecule is CC(=O)OOC(CC(=O)O)(CC(=O)O)C(=O)O. The molecule has 0 spiro atoms. The second-order valence-electron chi connectivity index (χ2n) is 3.10. The maximum absolute atomic E-state index is 10.9. The summed E-state index contributed by atoms with van der Waals surface area (Å²) in [5.74, 6) is -6.11. The Hall–Kier alpha value is -2.16. The van der Waals surface area contributed by atoms with E-state index in [1.54, 1.807) is 0 Å². The zero-order chi connectivity index (χ0) is 13.6. The molecule has 0 fully saturated rings. The second kappa shape index (κ2) is 5.80. The van der Waals surface area contributed by atoms with E-state index in [0.717, 1.165) is 6.92 Å². The van der Waals surface area contributed by atoms with Crippen LogP contribution in [0.15, 0.2) is 0 Å². The lowest BCUT2D eigenvalue weighted by molar-refractivity contribution is -0.327. The van der Waals surface area contributed by atoms with Gasteiger partial charge in [0.2, 0.25) is 5.60 Å². The van der Waals surface area contributed by atoms with Gasteiger partial charge in [0, 0.05) is 6.92 Å². The van der Waals surface area contributed by atoms with E-state index in [0.29, 0.717) is 0 Å². The lowest BCUT2D eigenvalue weighted by Gasteiger charge is -2.23. The average Bonchev–Trinajstić information content (AvgIpc) is 2.11. The molecule has 0 atom stereocenters. The van der Waals surface area contributed by atoms with E-state index in [1.165, 1.54) is 0 Å². The molecule has 9 nitrogen and oxygen atoms in total. The van der Waals surface area contributed by atoms with Gasteiger partial charge in [-0.15, -0.1) is 0 Å². The third-order valence-corrected chi connectivity index (χ3v) is 1.58. The topological polar surface area (TPSA) is 147 Å². The number of hydrogen-bond acceptors (Lipinski definition) is 6. The summed E-state index contributed by atoms with van der Waals surface area (Å²) >= 11 is 0. The molecule has 17 heavy (non-hydrogen) atoms. The van der Waals surface area contributed by atoms with Gasteiger partial charge in [-0.05, 0) is 0 Å². The molecular weight excluding hydrogens is 240 g/mol. The average molecular weight is 250 g/mol. The second-order valence-corrected chi connectivity index (χ2v) is 3.10. The largest absolute Gasteiger partial charge is 0.481 e. The normalized spacial score (nSPS) is 10.6. The molecule has 0 unspecified atom stereocenters. The van der Waals surface area contributed by atoms with Crippen LogP contribution in [0.4, 0.5) is 0 Å². The summed E-state index contributed by atoms with van der Waals surface area (Å²) < 4.78 is 0. The summed E-state index contributed by atoms with van der Waals surface area (Å²) in [7, 11) is 0. The molecule has 0 rings (SSSR count). The van der Waals surface area contributed by atoms with Crippen molar-refractivity contribution in [2.45, 2.75) is 25.4 Å². The van der Waals surface area contributed by atoms with Crippen molar-refractivity contribution in [1.82, 2.24) is 0 Å². The zero-order valence-electron chi connectivity index (χ0n) is 8.71. The van der Waals surface area contributed by atoms with E-state index in [1.807, 2.05) is 0 Å². The number of carboxylic acid groups (broad SMARTS) is 3. The minimum Gasteiger partial charge on any atom is -0.481 e. The van der Waals surface area contributed by atoms with E-state index in [9.17, 15) is 19.2 Å². The summed E-state index contributed by atoms with van der Waals surface area (Å²) in [6.07, 6.45) is -2.33. The van der Waals surface area contributed by atoms with Crippen LogP contribution in [0, 0.1) is 0 Å². The van der Waals surface area contributed by atoms with Crippen LogP contribution >= 0.6 is 0 Å². The minimum absolute atomic E-state index is 0.883. The van der Waals surface area contributed by atoms with Gasteiger partial charge in [0.1, 0.15) is 0 Å². The van der Waals surface area contributed by atoms with Crippen LogP contribution in [0.3, 0.4) is 0 Å². The third kappa shape index (κ3) is 4.93. The van der Waals surface area contributed by atoms with E-state index >= 15 is 0 Å². The van der Waals surface area contributed by atoms with Gasteiger partial charge in [-0.3, -0.25) is 14.5 Å². The Labute approximate surface area is 94.5 Å². The predicted molar refractivity (Wildman–Crippen MR) is 47.7 cm³/mol. The predicted octanol–water partition coefficient (Wildman–Crippen LogP) is -0.746. The molecule has 0 aliphatic heterocycles. The number of carbonyl (C=O) groups is 4. The van der Waals surface area contributed by atoms with Crippen LogP contribution in [0.5, 0.6) is 0 Å². The van der Waals surface area contributed by atoms with Crippen molar-refractivity contribution in [3.63, 3.8) is 0 Å². The molecule has 0 saturated heterocycles. The number of aliphatic carboxylic acids is 3. The fraction of sp³-hybridized carbons (Fsp3) is 0.500. The number of carbonyl (C=O) groups excluding carboxylic acids is 1. The highest BCUT2D eigenvalue weighted by Gasteiger charge is 2.47. The van der Waals surface area contributed by atoms with Gasteiger partial charge in [-0.25, -0.2) is 9.59 Å². The van der Waals surface area contributed by atoms with Gasteiger partial charge >= 0.3 is 23.9 Å². The Kier molecular flexibility index (Phi) is 5.06. The highest BCUT2D eigenvalue weighted by atomic mass is 17.2. The molecular formula is C8H10O9. The molecule has 9 heteroatoms. The molecule has 0 aromatic rings. The molecule has 0 saturated carbocycles. The Morgan fingerprint density at radius 2 is 1.41 bits per heavy atom. The molecule has 96 valence electrons. The molecule has 0 aromatic carbocycles. The van der Waals surface area contributed by atoms with Crippen LogP contribution < -0.4 is 0 Å². The van der Waals surface area contributed by atoms with Crippen LogP contribution in [0.25, 0.3) is 0 Å². The molecule has 0 heterocycles. The maximum atomic E-state index is 10.9. The quantitative estimate of drug-likeness (QED) is 0.392. The summed E-state index contributed by atoms with van der Waals surface area (Å²) in [6.45, 7) is 0.883. The van der Waals surface area contributed by atoms with Crippen LogP contribution in [0.1, 0.15) is 19.8 Å². The van der Waals surface area contributed by atoms with Crippen molar-refractivity contribution in [3.8, 4) is 0 Å². The van der Waals surface area contributed by atoms with Gasteiger partial charge in [0.05, 0.1) is 12.8 Å². The lowest BCUT2D eigenvalue weighted by atomic mass is 9.96. The Morgan fingerprint density at radius 1 is 1.00 bits per heavy atom. The van der Waals surface area contributed by atoms with Gasteiger partial charge < -0.3 is 15.3 Å². The third-order valence-electron chi connectivity index (χ3n) is 1.58. The standard InChI is InChI=1S/C8H10O9/c1-4(9)16-17-8(7(14)15,2-5(10)11)3-6(12)13/h2-3H2,1H3,(H,10,11)(H,12,13)(H,14,15). The van der Waals surface area contributed by atoms with Gasteiger partial charge in [-0.1, -0.05) is 0 Å². The van der Waals surface area contributed by atoms with E-state index in [-0.39, 0.29) is 0 Å². The van der Waals surface area contributed by atoms with Gasteiger partial charge in [-0.2, -0.15) is 4.89 Å². The lowest BCUT2D eigenvalue weighted by Crippen LogP contribution is -2.45. The fourth-order valence-corrected chi connectivity index (χ4v) is 0.935. The van der Waals surface area contributed by atoms with Crippen molar-refractivity contribution in [2.75, 3.05) is 0 Å². The molecule has 3 N–H and O–H groups in total. The van der Waals surface area contributed by atoms with Crippen LogP contribution in [-0.4, -0.2) is 44.8 Å². The van der Waals surface area contributed by atoms with Crippen molar-refractivity contribution < 1.29 is 44.3 Å². The van der Waals surface area contributed by atoms with Crippen molar-refractivity contribution in [3.05, 3.63) is 0 Å². The smallest absolute Gasteiger partial charge is 0.341 e. The first-order valence-electron chi connectivity index (χ1n) is 4.23. The van der Waals surface area contributed by atoms with E-state index in [2.05, 4.69) is 9.78 Å². The number of carboxylic acids is 3. The van der Waals surface area contributed by atoms with Crippen LogP contribution in [0.2, 0.25) is 0 Å². The fourth-order valence-electron chi connectivity index (χ4n) is 0.935. The van der Waals surface area contributed by atoms with E-state index < -0.39 is 42.3 Å². The molecule has 0 bridgehead atoms. The Balaban J connectivity index is 5.07. The number of rotatable bonds is 7. The summed E-state index contributed by atoms with van der Waals surface area (Å²) in [4.78, 5) is 50.3. The van der Waals surface area contributed by atoms with Crippen molar-refractivity contribution in [1.29, 1.82) is 0 Å². The molecule has 0 radical (unpaired) electrons. The first-order chi connectivity index (χ1) is 7.69. The van der Waals surface area contributed by atoms with Gasteiger partial charge in [0.15, 0.2) is 0 Å². The first-order valence-corrected chi connectivity index (χ1v) is 4.23. The highest BCUT2D eigenvalue weighted by Crippen LogP contribution is 2.22. The van der Waals surface area contributed by atoms with E-state index in [4.69, 9.17) is 15.3 Å². The Morgan fingerprint density at radius 3 is 1.65 bits per heavy atom. The minimum atomic E-state index is -2.65. The molecule has 0 aliphatic carbocycles. The number of hydrogen-bond donors (Lipinski definition) is 3.